The summed E-state index contributed by atoms with van der Waals surface area (Å²) in [7, 11) is 1.66. The minimum atomic E-state index is -0.466. The molecule has 1 aromatic rings. The van der Waals surface area contributed by atoms with Gasteiger partial charge in [-0.15, -0.1) is 0 Å². The smallest absolute Gasteiger partial charge is 0.256 e. The number of carbonyl (C=O) groups is 1. The van der Waals surface area contributed by atoms with Crippen LogP contribution in [0.1, 0.15) is 15.9 Å². The third kappa shape index (κ3) is 3.02. The standard InChI is InChI=1S/C11H13BrFNO/c1-8-3-4-10(13)9(7-8)11(15)14(2)6-5-12/h3-4,7H,5-6H2,1-2H3. The van der Waals surface area contributed by atoms with Crippen LogP contribution in [0.4, 0.5) is 4.39 Å². The molecule has 1 rings (SSSR count). The molecule has 0 aromatic heterocycles. The molecule has 0 N–H and O–H groups in total. The van der Waals surface area contributed by atoms with Gasteiger partial charge in [-0.2, -0.15) is 0 Å². The summed E-state index contributed by atoms with van der Waals surface area (Å²) in [4.78, 5) is 13.3. The van der Waals surface area contributed by atoms with Crippen LogP contribution in [0.2, 0.25) is 0 Å². The zero-order valence-corrected chi connectivity index (χ0v) is 10.3. The van der Waals surface area contributed by atoms with Crippen LogP contribution >= 0.6 is 15.9 Å². The van der Waals surface area contributed by atoms with Crippen molar-refractivity contribution in [2.45, 2.75) is 6.92 Å². The Morgan fingerprint density at radius 1 is 1.53 bits per heavy atom. The van der Waals surface area contributed by atoms with Gasteiger partial charge >= 0.3 is 0 Å². The van der Waals surface area contributed by atoms with Crippen LogP contribution in [-0.2, 0) is 0 Å². The van der Waals surface area contributed by atoms with E-state index in [0.29, 0.717) is 11.9 Å². The van der Waals surface area contributed by atoms with Crippen molar-refractivity contribution in [3.63, 3.8) is 0 Å². The Balaban J connectivity index is 2.95. The molecule has 0 fully saturated rings. The lowest BCUT2D eigenvalue weighted by Crippen LogP contribution is -2.29. The van der Waals surface area contributed by atoms with E-state index in [9.17, 15) is 9.18 Å². The summed E-state index contributed by atoms with van der Waals surface area (Å²) in [6.07, 6.45) is 0. The predicted molar refractivity (Wildman–Crippen MR) is 61.9 cm³/mol. The number of benzene rings is 1. The zero-order valence-electron chi connectivity index (χ0n) is 8.76. The normalized spacial score (nSPS) is 10.1. The van der Waals surface area contributed by atoms with Gasteiger partial charge in [-0.05, 0) is 19.1 Å². The first-order chi connectivity index (χ1) is 7.06. The van der Waals surface area contributed by atoms with Gasteiger partial charge in [-0.25, -0.2) is 4.39 Å². The number of rotatable bonds is 3. The van der Waals surface area contributed by atoms with Crippen LogP contribution in [0.3, 0.4) is 0 Å². The summed E-state index contributed by atoms with van der Waals surface area (Å²) in [5, 5.41) is 0.683. The van der Waals surface area contributed by atoms with Crippen LogP contribution in [0, 0.1) is 12.7 Å². The Labute approximate surface area is 97.2 Å². The number of aryl methyl sites for hydroxylation is 1. The van der Waals surface area contributed by atoms with E-state index in [1.54, 1.807) is 19.2 Å². The first kappa shape index (κ1) is 12.2. The second kappa shape index (κ2) is 5.26. The highest BCUT2D eigenvalue weighted by molar-refractivity contribution is 9.09. The molecule has 15 heavy (non-hydrogen) atoms. The van der Waals surface area contributed by atoms with Crippen molar-refractivity contribution in [3.05, 3.63) is 35.1 Å². The molecule has 0 aliphatic carbocycles. The monoisotopic (exact) mass is 273 g/mol. The van der Waals surface area contributed by atoms with Gasteiger partial charge < -0.3 is 4.90 Å². The zero-order chi connectivity index (χ0) is 11.4. The van der Waals surface area contributed by atoms with E-state index in [-0.39, 0.29) is 11.5 Å². The lowest BCUT2D eigenvalue weighted by molar-refractivity contribution is 0.0799. The first-order valence-electron chi connectivity index (χ1n) is 4.64. The molecule has 0 heterocycles. The highest BCUT2D eigenvalue weighted by Gasteiger charge is 2.15. The highest BCUT2D eigenvalue weighted by Crippen LogP contribution is 2.12. The Kier molecular flexibility index (Phi) is 4.27. The van der Waals surface area contributed by atoms with E-state index >= 15 is 0 Å². The summed E-state index contributed by atoms with van der Waals surface area (Å²) >= 11 is 3.24. The van der Waals surface area contributed by atoms with E-state index in [0.717, 1.165) is 5.56 Å². The minimum absolute atomic E-state index is 0.137. The Hall–Kier alpha value is -0.900. The minimum Gasteiger partial charge on any atom is -0.341 e. The maximum atomic E-state index is 13.4. The third-order valence-corrected chi connectivity index (χ3v) is 2.47. The largest absolute Gasteiger partial charge is 0.341 e. The van der Waals surface area contributed by atoms with Crippen molar-refractivity contribution >= 4 is 21.8 Å². The first-order valence-corrected chi connectivity index (χ1v) is 5.76. The van der Waals surface area contributed by atoms with Crippen LogP contribution in [0.5, 0.6) is 0 Å². The van der Waals surface area contributed by atoms with Crippen LogP contribution < -0.4 is 0 Å². The van der Waals surface area contributed by atoms with Crippen molar-refractivity contribution in [1.82, 2.24) is 4.90 Å². The average Bonchev–Trinajstić information content (AvgIpc) is 2.21. The number of amides is 1. The maximum Gasteiger partial charge on any atom is 0.256 e. The van der Waals surface area contributed by atoms with Crippen molar-refractivity contribution in [1.29, 1.82) is 0 Å². The number of halogens is 2. The molecule has 1 aromatic carbocycles. The molecule has 0 aliphatic heterocycles. The summed E-state index contributed by atoms with van der Waals surface area (Å²) in [5.74, 6) is -0.748. The molecular formula is C11H13BrFNO. The van der Waals surface area contributed by atoms with E-state index in [1.807, 2.05) is 6.92 Å². The Morgan fingerprint density at radius 2 is 2.20 bits per heavy atom. The highest BCUT2D eigenvalue weighted by atomic mass is 79.9. The van der Waals surface area contributed by atoms with E-state index in [4.69, 9.17) is 0 Å². The molecule has 1 amide bonds. The molecule has 0 spiro atoms. The summed E-state index contributed by atoms with van der Waals surface area (Å²) in [5.41, 5.74) is 1.02. The molecule has 0 atom stereocenters. The topological polar surface area (TPSA) is 20.3 Å². The molecule has 4 heteroatoms. The van der Waals surface area contributed by atoms with Crippen molar-refractivity contribution in [2.75, 3.05) is 18.9 Å². The summed E-state index contributed by atoms with van der Waals surface area (Å²) < 4.78 is 13.4. The average molecular weight is 274 g/mol. The van der Waals surface area contributed by atoms with E-state index < -0.39 is 5.82 Å². The molecule has 2 nitrogen and oxygen atoms in total. The molecular weight excluding hydrogens is 261 g/mol. The van der Waals surface area contributed by atoms with Gasteiger partial charge in [0.15, 0.2) is 0 Å². The third-order valence-electron chi connectivity index (χ3n) is 2.12. The molecule has 82 valence electrons. The lowest BCUT2D eigenvalue weighted by Gasteiger charge is -2.16. The summed E-state index contributed by atoms with van der Waals surface area (Å²) in [6.45, 7) is 2.40. The molecule has 0 aliphatic rings. The van der Waals surface area contributed by atoms with Crippen LogP contribution in [0.15, 0.2) is 18.2 Å². The fourth-order valence-corrected chi connectivity index (χ4v) is 1.77. The Morgan fingerprint density at radius 3 is 2.80 bits per heavy atom. The fourth-order valence-electron chi connectivity index (χ4n) is 1.24. The molecule has 0 radical (unpaired) electrons. The maximum absolute atomic E-state index is 13.4. The van der Waals surface area contributed by atoms with E-state index in [1.165, 1.54) is 11.0 Å². The van der Waals surface area contributed by atoms with Crippen LogP contribution in [0.25, 0.3) is 0 Å². The van der Waals surface area contributed by atoms with Gasteiger partial charge in [0.25, 0.3) is 5.91 Å². The van der Waals surface area contributed by atoms with Crippen LogP contribution in [-0.4, -0.2) is 29.7 Å². The number of alkyl halides is 1. The SMILES string of the molecule is Cc1ccc(F)c(C(=O)N(C)CCBr)c1. The fraction of sp³-hybridized carbons (Fsp3) is 0.364. The lowest BCUT2D eigenvalue weighted by atomic mass is 10.1. The quantitative estimate of drug-likeness (QED) is 0.776. The molecule has 0 unspecified atom stereocenters. The van der Waals surface area contributed by atoms with Gasteiger partial charge in [-0.3, -0.25) is 4.79 Å². The number of hydrogen-bond donors (Lipinski definition) is 0. The van der Waals surface area contributed by atoms with Gasteiger partial charge in [0.05, 0.1) is 5.56 Å². The second-order valence-corrected chi connectivity index (χ2v) is 4.19. The van der Waals surface area contributed by atoms with Crippen molar-refractivity contribution in [3.8, 4) is 0 Å². The predicted octanol–water partition coefficient (Wildman–Crippen LogP) is 2.60. The van der Waals surface area contributed by atoms with E-state index in [2.05, 4.69) is 15.9 Å². The number of hydrogen-bond acceptors (Lipinski definition) is 1. The number of carbonyl (C=O) groups excluding carboxylic acids is 1. The van der Waals surface area contributed by atoms with Gasteiger partial charge in [-0.1, -0.05) is 27.6 Å². The molecule has 0 saturated heterocycles. The second-order valence-electron chi connectivity index (χ2n) is 3.40. The van der Waals surface area contributed by atoms with Gasteiger partial charge in [0.1, 0.15) is 5.82 Å². The summed E-state index contributed by atoms with van der Waals surface area (Å²) in [6, 6.07) is 4.55. The number of nitrogens with zero attached hydrogens (tertiary/aromatic N) is 1. The molecule has 0 saturated carbocycles. The van der Waals surface area contributed by atoms with Crippen molar-refractivity contribution < 1.29 is 9.18 Å². The van der Waals surface area contributed by atoms with Gasteiger partial charge in [0, 0.05) is 18.9 Å². The van der Waals surface area contributed by atoms with Crippen molar-refractivity contribution in [2.24, 2.45) is 0 Å². The van der Waals surface area contributed by atoms with Gasteiger partial charge in [0.2, 0.25) is 0 Å². The molecule has 0 bridgehead atoms. The Bertz CT molecular complexity index is 368.